The van der Waals surface area contributed by atoms with E-state index in [4.69, 9.17) is 0 Å². The van der Waals surface area contributed by atoms with Crippen LogP contribution in [0.5, 0.6) is 0 Å². The summed E-state index contributed by atoms with van der Waals surface area (Å²) in [4.78, 5) is 9.81. The Balaban J connectivity index is 3.26. The minimum atomic E-state index is -0.498. The molecule has 0 aliphatic carbocycles. The fourth-order valence-corrected chi connectivity index (χ4v) is 0.135. The van der Waals surface area contributed by atoms with Crippen molar-refractivity contribution in [2.24, 2.45) is 0 Å². The molecule has 0 rings (SSSR count). The number of methoxy groups -OCH3 is 1. The Kier molecular flexibility index (Phi) is 3.02. The molecule has 0 spiro atoms. The summed E-state index contributed by atoms with van der Waals surface area (Å²) in [6, 6.07) is 0. The van der Waals surface area contributed by atoms with Crippen LogP contribution in [0.4, 0.5) is 0 Å². The van der Waals surface area contributed by atoms with Crippen LogP contribution >= 0.6 is 0 Å². The summed E-state index contributed by atoms with van der Waals surface area (Å²) in [5.74, 6) is -0.498. The van der Waals surface area contributed by atoms with Gasteiger partial charge < -0.3 is 4.74 Å². The van der Waals surface area contributed by atoms with Gasteiger partial charge in [0.15, 0.2) is 5.78 Å². The van der Waals surface area contributed by atoms with Crippen molar-refractivity contribution in [1.82, 2.24) is 0 Å². The third-order valence-corrected chi connectivity index (χ3v) is 0.368. The smallest absolute Gasteiger partial charge is 0.163 e. The molecule has 2 heteroatoms. The Hall–Kier alpha value is -0.790. The maximum atomic E-state index is 9.81. The molecule has 2 nitrogen and oxygen atoms in total. The highest BCUT2D eigenvalue weighted by atomic mass is 16.5. The predicted octanol–water partition coefficient (Wildman–Crippen LogP) is 0.427. The van der Waals surface area contributed by atoms with Crippen molar-refractivity contribution < 1.29 is 9.53 Å². The predicted molar refractivity (Wildman–Crippen MR) is 25.5 cm³/mol. The summed E-state index contributed by atoms with van der Waals surface area (Å²) in [5.41, 5.74) is 0. The van der Waals surface area contributed by atoms with Gasteiger partial charge in [-0.3, -0.25) is 4.79 Å². The molecule has 0 aromatic heterocycles. The Bertz CT molecular complexity index is 84.1. The van der Waals surface area contributed by atoms with Crippen molar-refractivity contribution in [2.75, 3.05) is 7.11 Å². The van der Waals surface area contributed by atoms with Crippen molar-refractivity contribution in [3.8, 4) is 0 Å². The molecule has 0 amide bonds. The van der Waals surface area contributed by atoms with Crippen LogP contribution in [-0.4, -0.2) is 12.9 Å². The monoisotopic (exact) mass is 98.0 g/mol. The molecule has 0 heterocycles. The standard InChI is InChI=1S/C5H6O2/c1-5(6)3-4-7-2/h1,3-4H,2H3/b4-3+. The van der Waals surface area contributed by atoms with Crippen molar-refractivity contribution in [1.29, 1.82) is 0 Å². The van der Waals surface area contributed by atoms with E-state index in [2.05, 4.69) is 11.7 Å². The average Bonchev–Trinajstić information content (AvgIpc) is 1.61. The third kappa shape index (κ3) is 5.21. The molecule has 2 radical (unpaired) electrons. The molecule has 0 saturated heterocycles. The number of allylic oxidation sites excluding steroid dienone is 1. The number of hydrogen-bond acceptors (Lipinski definition) is 2. The Labute approximate surface area is 42.8 Å². The van der Waals surface area contributed by atoms with E-state index in [0.717, 1.165) is 6.08 Å². The molecule has 0 unspecified atom stereocenters. The largest absolute Gasteiger partial charge is 0.504 e. The second-order valence-electron chi connectivity index (χ2n) is 0.941. The van der Waals surface area contributed by atoms with Gasteiger partial charge in [0.25, 0.3) is 0 Å². The summed E-state index contributed by atoms with van der Waals surface area (Å²) in [6.07, 6.45) is 2.36. The first-order valence-corrected chi connectivity index (χ1v) is 1.76. The normalized spacial score (nSPS) is 9.43. The third-order valence-electron chi connectivity index (χ3n) is 0.368. The van der Waals surface area contributed by atoms with E-state index in [-0.39, 0.29) is 0 Å². The van der Waals surface area contributed by atoms with Gasteiger partial charge in [-0.1, -0.05) is 0 Å². The Morgan fingerprint density at radius 1 is 1.86 bits per heavy atom. The molecule has 0 bridgehead atoms. The van der Waals surface area contributed by atoms with Crippen molar-refractivity contribution in [2.45, 2.75) is 0 Å². The molecular formula is C5H6O2. The van der Waals surface area contributed by atoms with Gasteiger partial charge in [-0.15, -0.1) is 0 Å². The first-order chi connectivity index (χ1) is 3.27. The molecule has 0 aliphatic rings. The van der Waals surface area contributed by atoms with Crippen molar-refractivity contribution >= 4 is 5.78 Å². The fraction of sp³-hybridized carbons (Fsp3) is 0.200. The molecule has 0 aliphatic heterocycles. The summed E-state index contributed by atoms with van der Waals surface area (Å²) in [7, 11) is 1.44. The fourth-order valence-electron chi connectivity index (χ4n) is 0.135. The van der Waals surface area contributed by atoms with Gasteiger partial charge in [0.1, 0.15) is 0 Å². The summed E-state index contributed by atoms with van der Waals surface area (Å²) in [6.45, 7) is 4.67. The highest BCUT2D eigenvalue weighted by molar-refractivity contribution is 5.92. The number of carbonyl (C=O) groups is 1. The van der Waals surface area contributed by atoms with Crippen molar-refractivity contribution in [3.63, 3.8) is 0 Å². The lowest BCUT2D eigenvalue weighted by molar-refractivity contribution is -0.110. The number of ether oxygens (including phenoxy) is 1. The Morgan fingerprint density at radius 3 is 2.57 bits per heavy atom. The van der Waals surface area contributed by atoms with Crippen LogP contribution in [-0.2, 0) is 9.53 Å². The summed E-state index contributed by atoms with van der Waals surface area (Å²) >= 11 is 0. The van der Waals surface area contributed by atoms with Crippen LogP contribution in [0, 0.1) is 6.92 Å². The molecule has 0 fully saturated rings. The minimum Gasteiger partial charge on any atom is -0.504 e. The van der Waals surface area contributed by atoms with Gasteiger partial charge in [0, 0.05) is 13.0 Å². The molecular weight excluding hydrogens is 92.1 g/mol. The van der Waals surface area contributed by atoms with Gasteiger partial charge in [-0.2, -0.15) is 0 Å². The minimum absolute atomic E-state index is 0.498. The molecule has 0 atom stereocenters. The molecule has 0 N–H and O–H groups in total. The maximum Gasteiger partial charge on any atom is 0.163 e. The second kappa shape index (κ2) is 3.40. The van der Waals surface area contributed by atoms with Crippen LogP contribution in [0.1, 0.15) is 0 Å². The first-order valence-electron chi connectivity index (χ1n) is 1.76. The number of carbonyl (C=O) groups excluding carboxylic acids is 1. The van der Waals surface area contributed by atoms with E-state index in [0.29, 0.717) is 0 Å². The summed E-state index contributed by atoms with van der Waals surface area (Å²) < 4.78 is 4.37. The van der Waals surface area contributed by atoms with Crippen LogP contribution in [0.25, 0.3) is 0 Å². The van der Waals surface area contributed by atoms with Crippen LogP contribution in [0.3, 0.4) is 0 Å². The number of ketones is 1. The zero-order valence-corrected chi connectivity index (χ0v) is 4.05. The molecule has 38 valence electrons. The van der Waals surface area contributed by atoms with Crippen LogP contribution in [0.15, 0.2) is 12.3 Å². The van der Waals surface area contributed by atoms with Gasteiger partial charge in [-0.25, -0.2) is 0 Å². The number of rotatable bonds is 2. The first kappa shape index (κ1) is 6.21. The maximum absolute atomic E-state index is 9.81. The molecule has 7 heavy (non-hydrogen) atoms. The van der Waals surface area contributed by atoms with Gasteiger partial charge in [0.2, 0.25) is 0 Å². The second-order valence-corrected chi connectivity index (χ2v) is 0.941. The van der Waals surface area contributed by atoms with Crippen molar-refractivity contribution in [3.05, 3.63) is 19.3 Å². The number of hydrogen-bond donors (Lipinski definition) is 0. The van der Waals surface area contributed by atoms with E-state index in [1.165, 1.54) is 13.4 Å². The lowest BCUT2D eigenvalue weighted by atomic mass is 10.4. The quantitative estimate of drug-likeness (QED) is 0.369. The topological polar surface area (TPSA) is 26.3 Å². The molecule has 0 saturated carbocycles. The van der Waals surface area contributed by atoms with E-state index in [1.807, 2.05) is 0 Å². The SMILES string of the molecule is [CH]C(=O)/C=C/OC. The van der Waals surface area contributed by atoms with Crippen LogP contribution in [0.2, 0.25) is 0 Å². The highest BCUT2D eigenvalue weighted by Gasteiger charge is 1.77. The molecule has 0 aromatic carbocycles. The lowest BCUT2D eigenvalue weighted by Crippen LogP contribution is -1.79. The summed E-state index contributed by atoms with van der Waals surface area (Å²) in [5, 5.41) is 0. The van der Waals surface area contributed by atoms with E-state index in [1.54, 1.807) is 0 Å². The van der Waals surface area contributed by atoms with Gasteiger partial charge in [0.05, 0.1) is 13.4 Å². The van der Waals surface area contributed by atoms with Crippen LogP contribution < -0.4 is 0 Å². The molecule has 0 aromatic rings. The van der Waals surface area contributed by atoms with Gasteiger partial charge >= 0.3 is 0 Å². The highest BCUT2D eigenvalue weighted by Crippen LogP contribution is 1.72. The van der Waals surface area contributed by atoms with E-state index in [9.17, 15) is 4.79 Å². The lowest BCUT2D eigenvalue weighted by Gasteiger charge is -1.80. The zero-order valence-electron chi connectivity index (χ0n) is 4.05. The Morgan fingerprint density at radius 2 is 2.43 bits per heavy atom. The van der Waals surface area contributed by atoms with Gasteiger partial charge in [-0.05, 0) is 0 Å². The van der Waals surface area contributed by atoms with E-state index >= 15 is 0 Å². The average molecular weight is 98.1 g/mol. The zero-order chi connectivity index (χ0) is 5.70. The van der Waals surface area contributed by atoms with E-state index < -0.39 is 5.78 Å².